The van der Waals surface area contributed by atoms with Crippen LogP contribution in [0.3, 0.4) is 0 Å². The van der Waals surface area contributed by atoms with Crippen LogP contribution in [0.4, 0.5) is 0 Å². The molecule has 0 aromatic heterocycles. The Hall–Kier alpha value is -1.15. The SMILES string of the molecule is C=C/C(=C\C=C/C)C(=O)CNC.CC.CC.CC. The van der Waals surface area contributed by atoms with Gasteiger partial charge in [0.15, 0.2) is 5.78 Å². The lowest BCUT2D eigenvalue weighted by atomic mass is 10.1. The third-order valence-corrected chi connectivity index (χ3v) is 1.35. The topological polar surface area (TPSA) is 29.1 Å². The number of hydrogen-bond acceptors (Lipinski definition) is 2. The summed E-state index contributed by atoms with van der Waals surface area (Å²) >= 11 is 0. The molecule has 0 unspecified atom stereocenters. The van der Waals surface area contributed by atoms with Crippen molar-refractivity contribution in [2.45, 2.75) is 48.5 Å². The molecule has 18 heavy (non-hydrogen) atoms. The monoisotopic (exact) mass is 255 g/mol. The van der Waals surface area contributed by atoms with Crippen LogP contribution in [0.15, 0.2) is 36.5 Å². The van der Waals surface area contributed by atoms with Crippen molar-refractivity contribution in [2.24, 2.45) is 0 Å². The maximum atomic E-state index is 11.2. The lowest BCUT2D eigenvalue weighted by Gasteiger charge is -1.98. The predicted octanol–water partition coefficient (Wildman–Crippen LogP) is 4.54. The predicted molar refractivity (Wildman–Crippen MR) is 86.1 cm³/mol. The molecule has 2 nitrogen and oxygen atoms in total. The maximum Gasteiger partial charge on any atom is 0.176 e. The Bertz CT molecular complexity index is 215. The van der Waals surface area contributed by atoms with Crippen LogP contribution in [0.5, 0.6) is 0 Å². The van der Waals surface area contributed by atoms with Crippen LogP contribution in [-0.2, 0) is 4.79 Å². The van der Waals surface area contributed by atoms with Crippen molar-refractivity contribution >= 4 is 5.78 Å². The summed E-state index contributed by atoms with van der Waals surface area (Å²) in [6.45, 7) is 17.8. The van der Waals surface area contributed by atoms with Gasteiger partial charge in [0.05, 0.1) is 6.54 Å². The van der Waals surface area contributed by atoms with Gasteiger partial charge in [-0.15, -0.1) is 0 Å². The zero-order valence-corrected chi connectivity index (χ0v) is 13.6. The highest BCUT2D eigenvalue weighted by molar-refractivity contribution is 5.99. The van der Waals surface area contributed by atoms with Crippen LogP contribution in [0.25, 0.3) is 0 Å². The second kappa shape index (κ2) is 29.7. The van der Waals surface area contributed by atoms with E-state index in [0.717, 1.165) is 0 Å². The van der Waals surface area contributed by atoms with Crippen molar-refractivity contribution in [3.8, 4) is 0 Å². The molecule has 2 heteroatoms. The Kier molecular flexibility index (Phi) is 42.3. The number of carbonyl (C=O) groups is 1. The summed E-state index contributed by atoms with van der Waals surface area (Å²) in [6, 6.07) is 0. The molecule has 0 saturated heterocycles. The molecular formula is C16H33NO. The number of nitrogens with one attached hydrogen (secondary N) is 1. The van der Waals surface area contributed by atoms with Gasteiger partial charge in [-0.25, -0.2) is 0 Å². The summed E-state index contributed by atoms with van der Waals surface area (Å²) in [5.41, 5.74) is 0.641. The fourth-order valence-corrected chi connectivity index (χ4v) is 0.737. The summed E-state index contributed by atoms with van der Waals surface area (Å²) in [6.07, 6.45) is 7.02. The van der Waals surface area contributed by atoms with E-state index < -0.39 is 0 Å². The number of hydrogen-bond donors (Lipinski definition) is 1. The molecule has 0 fully saturated rings. The number of Topliss-reactive ketones (excluding diaryl/α,β-unsaturated/α-hetero) is 1. The van der Waals surface area contributed by atoms with E-state index >= 15 is 0 Å². The van der Waals surface area contributed by atoms with E-state index in [1.54, 1.807) is 19.2 Å². The molecule has 0 saturated carbocycles. The summed E-state index contributed by atoms with van der Waals surface area (Å²) in [5.74, 6) is 0.0607. The number of likely N-dealkylation sites (N-methyl/N-ethyl adjacent to an activating group) is 1. The van der Waals surface area contributed by atoms with Crippen LogP contribution in [0.1, 0.15) is 48.5 Å². The van der Waals surface area contributed by atoms with Crippen molar-refractivity contribution in [3.05, 3.63) is 36.5 Å². The first-order valence-electron chi connectivity index (χ1n) is 6.89. The van der Waals surface area contributed by atoms with Gasteiger partial charge in [-0.1, -0.05) is 72.4 Å². The zero-order chi connectivity index (χ0) is 15.4. The van der Waals surface area contributed by atoms with Crippen LogP contribution >= 0.6 is 0 Å². The zero-order valence-electron chi connectivity index (χ0n) is 13.6. The van der Waals surface area contributed by atoms with E-state index in [0.29, 0.717) is 12.1 Å². The van der Waals surface area contributed by atoms with Crippen LogP contribution in [0, 0.1) is 0 Å². The van der Waals surface area contributed by atoms with Crippen LogP contribution < -0.4 is 5.32 Å². The van der Waals surface area contributed by atoms with Crippen molar-refractivity contribution in [3.63, 3.8) is 0 Å². The Morgan fingerprint density at radius 1 is 1.11 bits per heavy atom. The van der Waals surface area contributed by atoms with Gasteiger partial charge < -0.3 is 5.32 Å². The minimum absolute atomic E-state index is 0.0607. The van der Waals surface area contributed by atoms with Gasteiger partial charge in [-0.05, 0) is 14.0 Å². The fourth-order valence-electron chi connectivity index (χ4n) is 0.737. The quantitative estimate of drug-likeness (QED) is 0.577. The normalized spacial score (nSPS) is 9.00. The molecule has 0 aromatic carbocycles. The molecule has 0 rings (SSSR count). The van der Waals surface area contributed by atoms with Crippen molar-refractivity contribution in [1.82, 2.24) is 5.32 Å². The van der Waals surface area contributed by atoms with E-state index in [4.69, 9.17) is 0 Å². The molecule has 0 aliphatic carbocycles. The Morgan fingerprint density at radius 3 is 1.83 bits per heavy atom. The molecule has 1 N–H and O–H groups in total. The maximum absolute atomic E-state index is 11.2. The standard InChI is InChI=1S/C10H15NO.3C2H6/c1-4-6-7-9(5-2)10(12)8-11-3;3*1-2/h4-7,11H,2,8H2,1,3H3;3*1-2H3/b6-4-,9-7+;;;. The molecule has 0 aromatic rings. The molecular weight excluding hydrogens is 222 g/mol. The van der Waals surface area contributed by atoms with Gasteiger partial charge in [-0.3, -0.25) is 4.79 Å². The minimum atomic E-state index is 0.0607. The minimum Gasteiger partial charge on any atom is -0.313 e. The van der Waals surface area contributed by atoms with Crippen molar-refractivity contribution in [1.29, 1.82) is 0 Å². The number of carbonyl (C=O) groups excluding carboxylic acids is 1. The highest BCUT2D eigenvalue weighted by Gasteiger charge is 2.01. The second-order valence-corrected chi connectivity index (χ2v) is 2.31. The van der Waals surface area contributed by atoms with Gasteiger partial charge in [0.2, 0.25) is 0 Å². The fraction of sp³-hybridized carbons (Fsp3) is 0.562. The molecule has 0 aliphatic heterocycles. The van der Waals surface area contributed by atoms with E-state index in [-0.39, 0.29) is 5.78 Å². The molecule has 0 bridgehead atoms. The van der Waals surface area contributed by atoms with E-state index in [1.165, 1.54) is 0 Å². The van der Waals surface area contributed by atoms with Gasteiger partial charge in [0.1, 0.15) is 0 Å². The molecule has 0 atom stereocenters. The van der Waals surface area contributed by atoms with Crippen LogP contribution in [-0.4, -0.2) is 19.4 Å². The van der Waals surface area contributed by atoms with E-state index in [2.05, 4.69) is 11.9 Å². The highest BCUT2D eigenvalue weighted by atomic mass is 16.1. The molecule has 108 valence electrons. The average Bonchev–Trinajstić information content (AvgIpc) is 2.46. The molecule has 0 spiro atoms. The molecule has 0 heterocycles. The first kappa shape index (κ1) is 25.6. The number of rotatable bonds is 5. The lowest BCUT2D eigenvalue weighted by molar-refractivity contribution is -0.114. The Labute approximate surface area is 115 Å². The average molecular weight is 255 g/mol. The van der Waals surface area contributed by atoms with Gasteiger partial charge in [0.25, 0.3) is 0 Å². The van der Waals surface area contributed by atoms with E-state index in [9.17, 15) is 4.79 Å². The van der Waals surface area contributed by atoms with Gasteiger partial charge in [-0.2, -0.15) is 0 Å². The number of ketones is 1. The smallest absolute Gasteiger partial charge is 0.176 e. The largest absolute Gasteiger partial charge is 0.313 e. The first-order valence-corrected chi connectivity index (χ1v) is 6.89. The third kappa shape index (κ3) is 20.3. The van der Waals surface area contributed by atoms with Crippen molar-refractivity contribution in [2.75, 3.05) is 13.6 Å². The number of allylic oxidation sites excluding steroid dienone is 4. The molecule has 0 radical (unpaired) electrons. The first-order chi connectivity index (χ1) is 8.76. The summed E-state index contributed by atoms with van der Waals surface area (Å²) in [4.78, 5) is 11.2. The summed E-state index contributed by atoms with van der Waals surface area (Å²) < 4.78 is 0. The third-order valence-electron chi connectivity index (χ3n) is 1.35. The van der Waals surface area contributed by atoms with Crippen LogP contribution in [0.2, 0.25) is 0 Å². The Balaban J connectivity index is -0.000000141. The summed E-state index contributed by atoms with van der Waals surface area (Å²) in [5, 5.41) is 2.80. The van der Waals surface area contributed by atoms with Crippen molar-refractivity contribution < 1.29 is 4.79 Å². The highest BCUT2D eigenvalue weighted by Crippen LogP contribution is 1.97. The Morgan fingerprint density at radius 2 is 1.56 bits per heavy atom. The molecule has 0 aliphatic rings. The summed E-state index contributed by atoms with van der Waals surface area (Å²) in [7, 11) is 1.74. The van der Waals surface area contributed by atoms with Gasteiger partial charge in [0, 0.05) is 5.57 Å². The second-order valence-electron chi connectivity index (χ2n) is 2.31. The van der Waals surface area contributed by atoms with E-state index in [1.807, 2.05) is 60.6 Å². The lowest BCUT2D eigenvalue weighted by Crippen LogP contribution is -2.19. The van der Waals surface area contributed by atoms with Gasteiger partial charge >= 0.3 is 0 Å². The molecule has 0 amide bonds.